The van der Waals surface area contributed by atoms with Crippen molar-refractivity contribution in [2.75, 3.05) is 13.1 Å². The SMILES string of the molecule is N[C@H]1CCc2cc(CN3CCCC3)ccc2C1. The van der Waals surface area contributed by atoms with Crippen LogP contribution in [0.3, 0.4) is 0 Å². The van der Waals surface area contributed by atoms with Crippen molar-refractivity contribution in [3.63, 3.8) is 0 Å². The Morgan fingerprint density at radius 2 is 2.00 bits per heavy atom. The summed E-state index contributed by atoms with van der Waals surface area (Å²) in [7, 11) is 0. The molecule has 1 fully saturated rings. The summed E-state index contributed by atoms with van der Waals surface area (Å²) < 4.78 is 0. The van der Waals surface area contributed by atoms with Crippen LogP contribution in [0.15, 0.2) is 18.2 Å². The Labute approximate surface area is 104 Å². The lowest BCUT2D eigenvalue weighted by Crippen LogP contribution is -2.28. The Morgan fingerprint density at radius 1 is 1.18 bits per heavy atom. The van der Waals surface area contributed by atoms with Gasteiger partial charge in [0.25, 0.3) is 0 Å². The standard InChI is InChI=1S/C15H22N2/c16-15-6-5-13-9-12(3-4-14(13)10-15)11-17-7-1-2-8-17/h3-4,9,15H,1-2,5-8,10-11,16H2/t15-/m0/s1. The predicted molar refractivity (Wildman–Crippen MR) is 71.0 cm³/mol. The van der Waals surface area contributed by atoms with Crippen LogP contribution in [0.25, 0.3) is 0 Å². The van der Waals surface area contributed by atoms with Crippen molar-refractivity contribution in [3.05, 3.63) is 34.9 Å². The van der Waals surface area contributed by atoms with Gasteiger partial charge in [-0.3, -0.25) is 4.90 Å². The number of fused-ring (bicyclic) bond motifs is 1. The molecule has 1 aromatic carbocycles. The van der Waals surface area contributed by atoms with Crippen molar-refractivity contribution in [1.82, 2.24) is 4.90 Å². The molecule has 0 saturated carbocycles. The fourth-order valence-corrected chi connectivity index (χ4v) is 3.13. The number of rotatable bonds is 2. The summed E-state index contributed by atoms with van der Waals surface area (Å²) in [6.45, 7) is 3.70. The van der Waals surface area contributed by atoms with E-state index in [1.165, 1.54) is 43.5 Å². The van der Waals surface area contributed by atoms with E-state index in [9.17, 15) is 0 Å². The van der Waals surface area contributed by atoms with Crippen LogP contribution in [-0.4, -0.2) is 24.0 Å². The van der Waals surface area contributed by atoms with Crippen molar-refractivity contribution in [2.45, 2.75) is 44.7 Å². The molecule has 0 bridgehead atoms. The van der Waals surface area contributed by atoms with Gasteiger partial charge in [0.2, 0.25) is 0 Å². The van der Waals surface area contributed by atoms with Crippen LogP contribution >= 0.6 is 0 Å². The van der Waals surface area contributed by atoms with Gasteiger partial charge in [0.15, 0.2) is 0 Å². The van der Waals surface area contributed by atoms with Gasteiger partial charge in [-0.25, -0.2) is 0 Å². The van der Waals surface area contributed by atoms with E-state index in [2.05, 4.69) is 23.1 Å². The van der Waals surface area contributed by atoms with Gasteiger partial charge in [-0.1, -0.05) is 18.2 Å². The number of aryl methyl sites for hydroxylation is 1. The van der Waals surface area contributed by atoms with E-state index in [0.717, 1.165) is 19.4 Å². The largest absolute Gasteiger partial charge is 0.327 e. The molecule has 1 atom stereocenters. The maximum Gasteiger partial charge on any atom is 0.0233 e. The van der Waals surface area contributed by atoms with Crippen molar-refractivity contribution in [1.29, 1.82) is 0 Å². The summed E-state index contributed by atoms with van der Waals surface area (Å²) in [6.07, 6.45) is 6.14. The van der Waals surface area contributed by atoms with Crippen LogP contribution in [0.5, 0.6) is 0 Å². The lowest BCUT2D eigenvalue weighted by atomic mass is 9.87. The molecule has 17 heavy (non-hydrogen) atoms. The Balaban J connectivity index is 1.74. The highest BCUT2D eigenvalue weighted by atomic mass is 15.1. The molecular formula is C15H22N2. The molecule has 2 heteroatoms. The minimum atomic E-state index is 0.381. The van der Waals surface area contributed by atoms with Crippen LogP contribution < -0.4 is 5.73 Å². The molecule has 1 saturated heterocycles. The fourth-order valence-electron chi connectivity index (χ4n) is 3.13. The van der Waals surface area contributed by atoms with Crippen molar-refractivity contribution in [3.8, 4) is 0 Å². The first-order valence-corrected chi connectivity index (χ1v) is 6.90. The van der Waals surface area contributed by atoms with Gasteiger partial charge >= 0.3 is 0 Å². The summed E-state index contributed by atoms with van der Waals surface area (Å²) >= 11 is 0. The molecule has 0 radical (unpaired) electrons. The summed E-state index contributed by atoms with van der Waals surface area (Å²) in [4.78, 5) is 2.57. The summed E-state index contributed by atoms with van der Waals surface area (Å²) in [5.41, 5.74) is 10.5. The molecule has 2 N–H and O–H groups in total. The zero-order valence-electron chi connectivity index (χ0n) is 10.5. The molecule has 1 heterocycles. The molecule has 0 unspecified atom stereocenters. The minimum Gasteiger partial charge on any atom is -0.327 e. The number of likely N-dealkylation sites (tertiary alicyclic amines) is 1. The molecule has 0 amide bonds. The van der Waals surface area contributed by atoms with Gasteiger partial charge in [-0.2, -0.15) is 0 Å². The maximum atomic E-state index is 6.01. The van der Waals surface area contributed by atoms with Gasteiger partial charge in [-0.15, -0.1) is 0 Å². The average Bonchev–Trinajstić information content (AvgIpc) is 2.82. The van der Waals surface area contributed by atoms with Crippen LogP contribution in [0.4, 0.5) is 0 Å². The fraction of sp³-hybridized carbons (Fsp3) is 0.600. The lowest BCUT2D eigenvalue weighted by Gasteiger charge is -2.23. The lowest BCUT2D eigenvalue weighted by molar-refractivity contribution is 0.331. The first-order chi connectivity index (χ1) is 8.31. The predicted octanol–water partition coefficient (Wildman–Crippen LogP) is 2.10. The maximum absolute atomic E-state index is 6.01. The second-order valence-electron chi connectivity index (χ2n) is 5.59. The smallest absolute Gasteiger partial charge is 0.0233 e. The highest BCUT2D eigenvalue weighted by molar-refractivity contribution is 5.34. The van der Waals surface area contributed by atoms with Gasteiger partial charge < -0.3 is 5.73 Å². The molecule has 2 nitrogen and oxygen atoms in total. The summed E-state index contributed by atoms with van der Waals surface area (Å²) in [6, 6.07) is 7.40. The molecule has 3 rings (SSSR count). The second-order valence-corrected chi connectivity index (χ2v) is 5.59. The normalized spacial score (nSPS) is 24.9. The van der Waals surface area contributed by atoms with Crippen molar-refractivity contribution in [2.24, 2.45) is 5.73 Å². The Bertz CT molecular complexity index is 394. The van der Waals surface area contributed by atoms with E-state index in [0.29, 0.717) is 6.04 Å². The third-order valence-corrected chi connectivity index (χ3v) is 4.14. The molecule has 0 aromatic heterocycles. The molecule has 2 aliphatic rings. The van der Waals surface area contributed by atoms with Gasteiger partial charge in [0.05, 0.1) is 0 Å². The molecule has 92 valence electrons. The van der Waals surface area contributed by atoms with Crippen LogP contribution in [-0.2, 0) is 19.4 Å². The van der Waals surface area contributed by atoms with Crippen LogP contribution in [0, 0.1) is 0 Å². The van der Waals surface area contributed by atoms with E-state index >= 15 is 0 Å². The molecule has 0 spiro atoms. The number of benzene rings is 1. The Morgan fingerprint density at radius 3 is 2.82 bits per heavy atom. The quantitative estimate of drug-likeness (QED) is 0.843. The molecular weight excluding hydrogens is 208 g/mol. The Hall–Kier alpha value is -0.860. The van der Waals surface area contributed by atoms with E-state index in [-0.39, 0.29) is 0 Å². The van der Waals surface area contributed by atoms with E-state index in [4.69, 9.17) is 5.73 Å². The van der Waals surface area contributed by atoms with Gasteiger partial charge in [0.1, 0.15) is 0 Å². The highest BCUT2D eigenvalue weighted by Gasteiger charge is 2.17. The van der Waals surface area contributed by atoms with E-state index < -0.39 is 0 Å². The zero-order chi connectivity index (χ0) is 11.7. The topological polar surface area (TPSA) is 29.3 Å². The van der Waals surface area contributed by atoms with Crippen molar-refractivity contribution < 1.29 is 0 Å². The molecule has 1 aliphatic carbocycles. The van der Waals surface area contributed by atoms with E-state index in [1.807, 2.05) is 0 Å². The average molecular weight is 230 g/mol. The zero-order valence-corrected chi connectivity index (χ0v) is 10.5. The number of nitrogens with zero attached hydrogens (tertiary/aromatic N) is 1. The number of nitrogens with two attached hydrogens (primary N) is 1. The summed E-state index contributed by atoms with van der Waals surface area (Å²) in [5.74, 6) is 0. The first-order valence-electron chi connectivity index (χ1n) is 6.90. The summed E-state index contributed by atoms with van der Waals surface area (Å²) in [5, 5.41) is 0. The number of hydrogen-bond donors (Lipinski definition) is 1. The third-order valence-electron chi connectivity index (χ3n) is 4.14. The van der Waals surface area contributed by atoms with Crippen LogP contribution in [0.2, 0.25) is 0 Å². The minimum absolute atomic E-state index is 0.381. The molecule has 1 aliphatic heterocycles. The first kappa shape index (κ1) is 11.2. The highest BCUT2D eigenvalue weighted by Crippen LogP contribution is 2.23. The van der Waals surface area contributed by atoms with Gasteiger partial charge in [-0.05, 0) is 61.9 Å². The second kappa shape index (κ2) is 4.79. The molecule has 1 aromatic rings. The van der Waals surface area contributed by atoms with Crippen LogP contribution in [0.1, 0.15) is 36.0 Å². The van der Waals surface area contributed by atoms with Gasteiger partial charge in [0, 0.05) is 12.6 Å². The van der Waals surface area contributed by atoms with E-state index in [1.54, 1.807) is 5.56 Å². The van der Waals surface area contributed by atoms with Crippen molar-refractivity contribution >= 4 is 0 Å². The monoisotopic (exact) mass is 230 g/mol. The number of hydrogen-bond acceptors (Lipinski definition) is 2. The Kier molecular flexibility index (Phi) is 3.17. The third kappa shape index (κ3) is 2.53.